The van der Waals surface area contributed by atoms with E-state index in [1.807, 2.05) is 30.3 Å². The van der Waals surface area contributed by atoms with Crippen molar-refractivity contribution in [2.24, 2.45) is 0 Å². The van der Waals surface area contributed by atoms with Gasteiger partial charge in [-0.2, -0.15) is 13.2 Å². The van der Waals surface area contributed by atoms with Crippen LogP contribution in [0.5, 0.6) is 0 Å². The zero-order chi connectivity index (χ0) is 29.0. The molecule has 5 rings (SSSR count). The van der Waals surface area contributed by atoms with Crippen LogP contribution in [0.15, 0.2) is 48.5 Å². The molecular weight excluding hydrogens is 539 g/mol. The Balaban J connectivity index is 1.32. The summed E-state index contributed by atoms with van der Waals surface area (Å²) in [5, 5.41) is 12.1. The summed E-state index contributed by atoms with van der Waals surface area (Å²) in [6.45, 7) is 2.66. The van der Waals surface area contributed by atoms with Gasteiger partial charge in [0.2, 0.25) is 5.91 Å². The van der Waals surface area contributed by atoms with Crippen LogP contribution in [0.1, 0.15) is 67.6 Å². The highest BCUT2D eigenvalue weighted by Gasteiger charge is 2.47. The molecule has 3 aliphatic heterocycles. The van der Waals surface area contributed by atoms with Crippen LogP contribution in [0.2, 0.25) is 0 Å². The number of alkyl halides is 3. The van der Waals surface area contributed by atoms with E-state index in [-0.39, 0.29) is 31.8 Å². The smallest absolute Gasteiger partial charge is 0.392 e. The Labute approximate surface area is 237 Å². The molecule has 0 spiro atoms. The standard InChI is InChI=1S/C30H36F3N3O5/c31-30(32,33)29(39)36-15-5-8-25(36)27(38)34-23-7-4-6-22(16-23)28-40-24(18-35-13-2-1-3-14-35)17-26(41-28)21-11-9-20(19-37)10-12-21/h4,6-7,9-12,16,24-26,28,37H,1-3,5,8,13-15,17-19H2,(H,34,38)/t24-,25-,26+,28+/m0/s1. The number of nitrogens with zero attached hydrogens (tertiary/aromatic N) is 2. The number of rotatable bonds is 7. The maximum Gasteiger partial charge on any atom is 0.471 e. The van der Waals surface area contributed by atoms with Crippen LogP contribution < -0.4 is 5.32 Å². The van der Waals surface area contributed by atoms with E-state index in [9.17, 15) is 27.9 Å². The minimum atomic E-state index is -5.03. The molecule has 8 nitrogen and oxygen atoms in total. The van der Waals surface area contributed by atoms with E-state index in [1.165, 1.54) is 6.42 Å². The maximum atomic E-state index is 13.0. The highest BCUT2D eigenvalue weighted by Crippen LogP contribution is 2.39. The fourth-order valence-electron chi connectivity index (χ4n) is 5.90. The fourth-order valence-corrected chi connectivity index (χ4v) is 5.90. The molecule has 3 heterocycles. The Morgan fingerprint density at radius 1 is 0.951 bits per heavy atom. The Bertz CT molecular complexity index is 1200. The summed E-state index contributed by atoms with van der Waals surface area (Å²) in [6.07, 6.45) is -1.42. The van der Waals surface area contributed by atoms with Gasteiger partial charge in [0.25, 0.3) is 0 Å². The molecule has 3 saturated heterocycles. The monoisotopic (exact) mass is 575 g/mol. The molecule has 11 heteroatoms. The third kappa shape index (κ3) is 7.27. The lowest BCUT2D eigenvalue weighted by Crippen LogP contribution is -2.48. The van der Waals surface area contributed by atoms with Gasteiger partial charge in [-0.25, -0.2) is 0 Å². The molecule has 0 saturated carbocycles. The highest BCUT2D eigenvalue weighted by molar-refractivity contribution is 5.98. The van der Waals surface area contributed by atoms with Crippen LogP contribution in [0.3, 0.4) is 0 Å². The number of aliphatic hydroxyl groups excluding tert-OH is 1. The number of carbonyl (C=O) groups excluding carboxylic acids is 2. The minimum absolute atomic E-state index is 0.0450. The van der Waals surface area contributed by atoms with E-state index in [1.54, 1.807) is 18.2 Å². The largest absolute Gasteiger partial charge is 0.471 e. The van der Waals surface area contributed by atoms with Gasteiger partial charge in [0.05, 0.1) is 18.8 Å². The SMILES string of the molecule is O=C(Nc1cccc([C@@H]2O[C@H](CN3CCCCC3)C[C@H](c3ccc(CO)cc3)O2)c1)[C@@H]1CCCN1C(=O)C(F)(F)F. The molecule has 0 unspecified atom stereocenters. The molecule has 41 heavy (non-hydrogen) atoms. The van der Waals surface area contributed by atoms with Crippen molar-refractivity contribution in [3.63, 3.8) is 0 Å². The molecule has 222 valence electrons. The molecule has 2 N–H and O–H groups in total. The molecule has 2 aromatic carbocycles. The van der Waals surface area contributed by atoms with Gasteiger partial charge < -0.3 is 29.7 Å². The molecule has 4 atom stereocenters. The fraction of sp³-hybridized carbons (Fsp3) is 0.533. The Hall–Kier alpha value is -2.99. The second kappa shape index (κ2) is 12.9. The third-order valence-corrected chi connectivity index (χ3v) is 8.01. The normalized spacial score (nSPS) is 25.7. The van der Waals surface area contributed by atoms with E-state index in [2.05, 4.69) is 10.2 Å². The number of hydrogen-bond acceptors (Lipinski definition) is 6. The number of amides is 2. The minimum Gasteiger partial charge on any atom is -0.392 e. The summed E-state index contributed by atoms with van der Waals surface area (Å²) < 4.78 is 51.9. The highest BCUT2D eigenvalue weighted by atomic mass is 19.4. The molecule has 2 amide bonds. The quantitative estimate of drug-likeness (QED) is 0.498. The molecule has 0 aliphatic carbocycles. The van der Waals surface area contributed by atoms with Crippen LogP contribution in [0.4, 0.5) is 18.9 Å². The maximum absolute atomic E-state index is 13.0. The molecule has 2 aromatic rings. The average molecular weight is 576 g/mol. The van der Waals surface area contributed by atoms with Gasteiger partial charge in [-0.05, 0) is 62.0 Å². The van der Waals surface area contributed by atoms with E-state index >= 15 is 0 Å². The predicted molar refractivity (Wildman–Crippen MR) is 145 cm³/mol. The van der Waals surface area contributed by atoms with Crippen molar-refractivity contribution in [1.82, 2.24) is 9.80 Å². The second-order valence-corrected chi connectivity index (χ2v) is 11.0. The van der Waals surface area contributed by atoms with Crippen molar-refractivity contribution in [2.75, 3.05) is 31.5 Å². The van der Waals surface area contributed by atoms with E-state index in [0.29, 0.717) is 29.0 Å². The summed E-state index contributed by atoms with van der Waals surface area (Å²) in [5.41, 5.74) is 2.83. The van der Waals surface area contributed by atoms with Crippen LogP contribution in [0.25, 0.3) is 0 Å². The van der Waals surface area contributed by atoms with Gasteiger partial charge in [-0.15, -0.1) is 0 Å². The number of ether oxygens (including phenoxy) is 2. The van der Waals surface area contributed by atoms with Crippen molar-refractivity contribution in [3.05, 3.63) is 65.2 Å². The zero-order valence-electron chi connectivity index (χ0n) is 22.8. The van der Waals surface area contributed by atoms with Gasteiger partial charge in [0.15, 0.2) is 6.29 Å². The summed E-state index contributed by atoms with van der Waals surface area (Å²) in [6, 6.07) is 13.3. The third-order valence-electron chi connectivity index (χ3n) is 8.01. The summed E-state index contributed by atoms with van der Waals surface area (Å²) in [7, 11) is 0. The van der Waals surface area contributed by atoms with Crippen molar-refractivity contribution in [3.8, 4) is 0 Å². The predicted octanol–water partition coefficient (Wildman–Crippen LogP) is 4.70. The van der Waals surface area contributed by atoms with Crippen LogP contribution in [-0.4, -0.2) is 71.2 Å². The number of likely N-dealkylation sites (tertiary alicyclic amines) is 2. The lowest BCUT2D eigenvalue weighted by molar-refractivity contribution is -0.253. The Morgan fingerprint density at radius 3 is 2.41 bits per heavy atom. The number of benzene rings is 2. The number of carbonyl (C=O) groups is 2. The first-order chi connectivity index (χ1) is 19.7. The van der Waals surface area contributed by atoms with Crippen molar-refractivity contribution in [1.29, 1.82) is 0 Å². The van der Waals surface area contributed by atoms with Crippen molar-refractivity contribution in [2.45, 2.75) is 75.8 Å². The van der Waals surface area contributed by atoms with Crippen molar-refractivity contribution >= 4 is 17.5 Å². The number of nitrogens with one attached hydrogen (secondary N) is 1. The van der Waals surface area contributed by atoms with E-state index < -0.39 is 30.3 Å². The number of hydrogen-bond donors (Lipinski definition) is 2. The summed E-state index contributed by atoms with van der Waals surface area (Å²) >= 11 is 0. The zero-order valence-corrected chi connectivity index (χ0v) is 22.8. The van der Waals surface area contributed by atoms with Gasteiger partial charge in [0.1, 0.15) is 6.04 Å². The van der Waals surface area contributed by atoms with E-state index in [4.69, 9.17) is 9.47 Å². The van der Waals surface area contributed by atoms with Crippen molar-refractivity contribution < 1.29 is 37.3 Å². The molecular formula is C30H36F3N3O5. The first kappa shape index (κ1) is 29.5. The molecule has 0 bridgehead atoms. The van der Waals surface area contributed by atoms with Gasteiger partial charge in [0, 0.05) is 30.8 Å². The van der Waals surface area contributed by atoms with Gasteiger partial charge in [-0.3, -0.25) is 9.59 Å². The molecule has 3 fully saturated rings. The van der Waals surface area contributed by atoms with Gasteiger partial charge >= 0.3 is 12.1 Å². The number of aliphatic hydroxyl groups is 1. The lowest BCUT2D eigenvalue weighted by atomic mass is 9.99. The van der Waals surface area contributed by atoms with Crippen LogP contribution in [0, 0.1) is 0 Å². The Morgan fingerprint density at radius 2 is 1.71 bits per heavy atom. The first-order valence-electron chi connectivity index (χ1n) is 14.2. The molecule has 3 aliphatic rings. The van der Waals surface area contributed by atoms with Crippen LogP contribution in [-0.2, 0) is 25.7 Å². The summed E-state index contributed by atoms with van der Waals surface area (Å²) in [5.74, 6) is -2.65. The van der Waals surface area contributed by atoms with Crippen LogP contribution >= 0.6 is 0 Å². The first-order valence-corrected chi connectivity index (χ1v) is 14.2. The Kier molecular flexibility index (Phi) is 9.28. The number of piperidine rings is 1. The molecule has 0 aromatic heterocycles. The summed E-state index contributed by atoms with van der Waals surface area (Å²) in [4.78, 5) is 27.8. The molecule has 0 radical (unpaired) electrons. The number of anilines is 1. The second-order valence-electron chi connectivity index (χ2n) is 11.0. The van der Waals surface area contributed by atoms with E-state index in [0.717, 1.165) is 43.6 Å². The lowest BCUT2D eigenvalue weighted by Gasteiger charge is -2.39. The number of halogens is 3. The average Bonchev–Trinajstić information content (AvgIpc) is 3.47. The van der Waals surface area contributed by atoms with Gasteiger partial charge in [-0.1, -0.05) is 42.8 Å². The topological polar surface area (TPSA) is 91.3 Å².